The van der Waals surface area contributed by atoms with Gasteiger partial charge in [-0.1, -0.05) is 6.92 Å². The fourth-order valence-corrected chi connectivity index (χ4v) is 2.53. The Hall–Kier alpha value is -2.48. The number of carbonyl (C=O) groups excluding carboxylic acids is 2. The number of esters is 1. The second-order valence-electron chi connectivity index (χ2n) is 5.67. The molecule has 1 N–H and O–H groups in total. The van der Waals surface area contributed by atoms with Crippen LogP contribution in [0.1, 0.15) is 23.7 Å². The fraction of sp³-hybridized carbons (Fsp3) is 0.556. The molecule has 0 spiro atoms. The Bertz CT molecular complexity index is 593. The Morgan fingerprint density at radius 3 is 2.08 bits per heavy atom. The number of hydrogen-bond acceptors (Lipinski definition) is 7. The number of aliphatic hydroxyl groups is 1. The summed E-state index contributed by atoms with van der Waals surface area (Å²) in [6.07, 6.45) is 0.393. The molecule has 26 heavy (non-hydrogen) atoms. The third kappa shape index (κ3) is 5.26. The number of benzene rings is 1. The molecule has 1 atom stereocenters. The molecule has 8 heteroatoms. The normalized spacial score (nSPS) is 11.5. The van der Waals surface area contributed by atoms with Gasteiger partial charge in [-0.15, -0.1) is 0 Å². The van der Waals surface area contributed by atoms with E-state index in [0.29, 0.717) is 35.8 Å². The molecule has 1 amide bonds. The molecular formula is C18H27NO7. The molecule has 1 unspecified atom stereocenters. The number of amides is 1. The molecular weight excluding hydrogens is 342 g/mol. The molecule has 1 aromatic carbocycles. The summed E-state index contributed by atoms with van der Waals surface area (Å²) in [4.78, 5) is 26.2. The third-order valence-electron chi connectivity index (χ3n) is 3.88. The summed E-state index contributed by atoms with van der Waals surface area (Å²) in [7, 11) is 5.72. The van der Waals surface area contributed by atoms with Crippen LogP contribution in [0.4, 0.5) is 0 Å². The van der Waals surface area contributed by atoms with Crippen molar-refractivity contribution in [3.63, 3.8) is 0 Å². The minimum atomic E-state index is -0.496. The maximum atomic E-state index is 13.0. The van der Waals surface area contributed by atoms with Crippen LogP contribution in [0.15, 0.2) is 12.1 Å². The molecule has 0 aliphatic rings. The first-order valence-electron chi connectivity index (χ1n) is 8.21. The van der Waals surface area contributed by atoms with Crippen LogP contribution in [0.5, 0.6) is 17.2 Å². The summed E-state index contributed by atoms with van der Waals surface area (Å²) in [6, 6.07) is 3.11. The van der Waals surface area contributed by atoms with E-state index < -0.39 is 11.9 Å². The Labute approximate surface area is 153 Å². The fourth-order valence-electron chi connectivity index (χ4n) is 2.53. The van der Waals surface area contributed by atoms with Crippen LogP contribution in [-0.4, -0.2) is 70.0 Å². The zero-order valence-electron chi connectivity index (χ0n) is 15.9. The van der Waals surface area contributed by atoms with Crippen molar-refractivity contribution < 1.29 is 33.6 Å². The first-order valence-corrected chi connectivity index (χ1v) is 8.21. The van der Waals surface area contributed by atoms with Crippen LogP contribution in [0.3, 0.4) is 0 Å². The van der Waals surface area contributed by atoms with Crippen LogP contribution >= 0.6 is 0 Å². The predicted octanol–water partition coefficient (Wildman–Crippen LogP) is 1.35. The summed E-state index contributed by atoms with van der Waals surface area (Å²) < 4.78 is 20.5. The van der Waals surface area contributed by atoms with Crippen molar-refractivity contribution in [2.45, 2.75) is 13.3 Å². The SMILES string of the molecule is COC(=O)C(C)CN(CCCO)C(=O)c1cc(OC)c(OC)c(OC)c1. The topological polar surface area (TPSA) is 94.5 Å². The predicted molar refractivity (Wildman–Crippen MR) is 94.9 cm³/mol. The van der Waals surface area contributed by atoms with E-state index in [1.54, 1.807) is 19.1 Å². The van der Waals surface area contributed by atoms with Crippen molar-refractivity contribution in [1.82, 2.24) is 4.90 Å². The first-order chi connectivity index (χ1) is 12.4. The van der Waals surface area contributed by atoms with Gasteiger partial charge in [-0.25, -0.2) is 0 Å². The molecule has 1 rings (SSSR count). The third-order valence-corrected chi connectivity index (χ3v) is 3.88. The highest BCUT2D eigenvalue weighted by Crippen LogP contribution is 2.38. The highest BCUT2D eigenvalue weighted by Gasteiger charge is 2.24. The smallest absolute Gasteiger partial charge is 0.310 e. The van der Waals surface area contributed by atoms with Gasteiger partial charge in [0, 0.05) is 25.3 Å². The van der Waals surface area contributed by atoms with Crippen LogP contribution in [0, 0.1) is 5.92 Å². The van der Waals surface area contributed by atoms with Gasteiger partial charge >= 0.3 is 5.97 Å². The highest BCUT2D eigenvalue weighted by atomic mass is 16.5. The number of methoxy groups -OCH3 is 4. The van der Waals surface area contributed by atoms with E-state index in [1.807, 2.05) is 0 Å². The van der Waals surface area contributed by atoms with Gasteiger partial charge in [0.15, 0.2) is 11.5 Å². The summed E-state index contributed by atoms with van der Waals surface area (Å²) >= 11 is 0. The van der Waals surface area contributed by atoms with Crippen molar-refractivity contribution in [3.05, 3.63) is 17.7 Å². The lowest BCUT2D eigenvalue weighted by molar-refractivity contribution is -0.145. The average Bonchev–Trinajstić information content (AvgIpc) is 2.68. The first kappa shape index (κ1) is 21.6. The Balaban J connectivity index is 3.18. The monoisotopic (exact) mass is 369 g/mol. The molecule has 0 aromatic heterocycles. The van der Waals surface area contributed by atoms with E-state index in [9.17, 15) is 9.59 Å². The van der Waals surface area contributed by atoms with Crippen LogP contribution in [-0.2, 0) is 9.53 Å². The summed E-state index contributed by atoms with van der Waals surface area (Å²) in [5, 5.41) is 9.10. The number of ether oxygens (including phenoxy) is 4. The highest BCUT2D eigenvalue weighted by molar-refractivity contribution is 5.96. The molecule has 0 heterocycles. The standard InChI is InChI=1S/C18H27NO7/c1-12(18(22)26-5)11-19(7-6-8-20)17(21)13-9-14(23-2)16(25-4)15(10-13)24-3/h9-10,12,20H,6-8,11H2,1-5H3. The minimum Gasteiger partial charge on any atom is -0.493 e. The second kappa shape index (κ2) is 10.5. The van der Waals surface area contributed by atoms with Gasteiger partial charge in [-0.3, -0.25) is 9.59 Å². The number of rotatable bonds is 10. The van der Waals surface area contributed by atoms with E-state index >= 15 is 0 Å². The Morgan fingerprint density at radius 1 is 1.08 bits per heavy atom. The van der Waals surface area contributed by atoms with Crippen molar-refractivity contribution in [2.24, 2.45) is 5.92 Å². The largest absolute Gasteiger partial charge is 0.493 e. The van der Waals surface area contributed by atoms with Gasteiger partial charge in [-0.2, -0.15) is 0 Å². The molecule has 0 fully saturated rings. The quantitative estimate of drug-likeness (QED) is 0.622. The molecule has 146 valence electrons. The number of aliphatic hydroxyl groups excluding tert-OH is 1. The summed E-state index contributed by atoms with van der Waals surface area (Å²) in [5.74, 6) is -0.108. The van der Waals surface area contributed by atoms with Crippen LogP contribution in [0.2, 0.25) is 0 Å². The number of carbonyl (C=O) groups is 2. The summed E-state index contributed by atoms with van der Waals surface area (Å²) in [6.45, 7) is 2.08. The lowest BCUT2D eigenvalue weighted by atomic mass is 10.1. The van der Waals surface area contributed by atoms with E-state index in [0.717, 1.165) is 0 Å². The van der Waals surface area contributed by atoms with Crippen LogP contribution in [0.25, 0.3) is 0 Å². The Kier molecular flexibility index (Phi) is 8.71. The molecule has 0 radical (unpaired) electrons. The van der Waals surface area contributed by atoms with Gasteiger partial charge in [0.2, 0.25) is 5.75 Å². The second-order valence-corrected chi connectivity index (χ2v) is 5.67. The zero-order valence-corrected chi connectivity index (χ0v) is 15.9. The molecule has 8 nitrogen and oxygen atoms in total. The van der Waals surface area contributed by atoms with E-state index in [-0.39, 0.29) is 19.1 Å². The number of nitrogens with zero attached hydrogens (tertiary/aromatic N) is 1. The number of hydrogen-bond donors (Lipinski definition) is 1. The van der Waals surface area contributed by atoms with E-state index in [1.165, 1.54) is 33.3 Å². The van der Waals surface area contributed by atoms with E-state index in [2.05, 4.69) is 0 Å². The van der Waals surface area contributed by atoms with Crippen molar-refractivity contribution in [3.8, 4) is 17.2 Å². The molecule has 0 aliphatic heterocycles. The maximum absolute atomic E-state index is 13.0. The maximum Gasteiger partial charge on any atom is 0.310 e. The Morgan fingerprint density at radius 2 is 1.65 bits per heavy atom. The average molecular weight is 369 g/mol. The minimum absolute atomic E-state index is 0.0638. The lowest BCUT2D eigenvalue weighted by Gasteiger charge is -2.25. The molecule has 0 saturated heterocycles. The molecule has 0 bridgehead atoms. The lowest BCUT2D eigenvalue weighted by Crippen LogP contribution is -2.38. The molecule has 0 aliphatic carbocycles. The van der Waals surface area contributed by atoms with E-state index in [4.69, 9.17) is 24.1 Å². The van der Waals surface area contributed by atoms with Gasteiger partial charge in [0.25, 0.3) is 5.91 Å². The van der Waals surface area contributed by atoms with Gasteiger partial charge in [-0.05, 0) is 18.6 Å². The van der Waals surface area contributed by atoms with Crippen molar-refractivity contribution in [1.29, 1.82) is 0 Å². The van der Waals surface area contributed by atoms with Crippen LogP contribution < -0.4 is 14.2 Å². The molecule has 0 saturated carbocycles. The van der Waals surface area contributed by atoms with Gasteiger partial charge in [0.05, 0.1) is 34.4 Å². The summed E-state index contributed by atoms with van der Waals surface area (Å²) in [5.41, 5.74) is 0.328. The van der Waals surface area contributed by atoms with Gasteiger partial charge < -0.3 is 29.0 Å². The zero-order chi connectivity index (χ0) is 19.7. The van der Waals surface area contributed by atoms with Crippen molar-refractivity contribution >= 4 is 11.9 Å². The molecule has 1 aromatic rings. The van der Waals surface area contributed by atoms with Gasteiger partial charge in [0.1, 0.15) is 0 Å². The van der Waals surface area contributed by atoms with Crippen molar-refractivity contribution in [2.75, 3.05) is 48.1 Å².